The van der Waals surface area contributed by atoms with Crippen LogP contribution in [-0.2, 0) is 13.0 Å². The molecular weight excluding hydrogens is 258 g/mol. The zero-order valence-corrected chi connectivity index (χ0v) is 13.7. The van der Waals surface area contributed by atoms with Crippen molar-refractivity contribution in [3.8, 4) is 0 Å². The van der Waals surface area contributed by atoms with Gasteiger partial charge >= 0.3 is 0 Å². The Kier molecular flexibility index (Phi) is 4.32. The second-order valence-electron chi connectivity index (χ2n) is 7.78. The van der Waals surface area contributed by atoms with Crippen LogP contribution in [0.25, 0.3) is 0 Å². The van der Waals surface area contributed by atoms with Crippen LogP contribution < -0.4 is 5.32 Å². The van der Waals surface area contributed by atoms with E-state index in [0.717, 1.165) is 19.0 Å². The van der Waals surface area contributed by atoms with Gasteiger partial charge in [-0.05, 0) is 63.6 Å². The predicted octanol–water partition coefficient (Wildman–Crippen LogP) is 3.14. The van der Waals surface area contributed by atoms with Crippen molar-refractivity contribution in [3.63, 3.8) is 0 Å². The molecule has 21 heavy (non-hydrogen) atoms. The molecule has 0 spiro atoms. The van der Waals surface area contributed by atoms with Crippen LogP contribution in [0.3, 0.4) is 0 Å². The number of rotatable bonds is 2. The third-order valence-electron chi connectivity index (χ3n) is 4.85. The van der Waals surface area contributed by atoms with Crippen LogP contribution in [0.15, 0.2) is 18.5 Å². The van der Waals surface area contributed by atoms with Crippen LogP contribution in [0.5, 0.6) is 0 Å². The van der Waals surface area contributed by atoms with Crippen molar-refractivity contribution in [1.82, 2.24) is 15.2 Å². The molecule has 1 aromatic heterocycles. The minimum Gasteiger partial charge on any atom is -0.309 e. The average Bonchev–Trinajstić information content (AvgIpc) is 2.45. The summed E-state index contributed by atoms with van der Waals surface area (Å²) in [5.74, 6) is 0. The molecule has 3 heteroatoms. The molecule has 0 aromatic carbocycles. The molecule has 0 saturated heterocycles. The lowest BCUT2D eigenvalue weighted by Crippen LogP contribution is -2.50. The van der Waals surface area contributed by atoms with Gasteiger partial charge in [-0.15, -0.1) is 0 Å². The number of nitrogens with zero attached hydrogens (tertiary/aromatic N) is 2. The van der Waals surface area contributed by atoms with Crippen LogP contribution in [0, 0.1) is 0 Å². The van der Waals surface area contributed by atoms with Gasteiger partial charge in [-0.1, -0.05) is 6.42 Å². The van der Waals surface area contributed by atoms with Crippen molar-refractivity contribution in [1.29, 1.82) is 0 Å². The van der Waals surface area contributed by atoms with E-state index in [9.17, 15) is 0 Å². The molecule has 116 valence electrons. The normalized spacial score (nSPS) is 27.4. The first kappa shape index (κ1) is 15.0. The molecule has 1 aliphatic carbocycles. The molecule has 3 rings (SSSR count). The lowest BCUT2D eigenvalue weighted by Gasteiger charge is -2.41. The second-order valence-corrected chi connectivity index (χ2v) is 7.78. The lowest BCUT2D eigenvalue weighted by molar-refractivity contribution is 0.119. The van der Waals surface area contributed by atoms with Gasteiger partial charge in [-0.3, -0.25) is 9.88 Å². The third-order valence-corrected chi connectivity index (χ3v) is 4.85. The van der Waals surface area contributed by atoms with E-state index in [2.05, 4.69) is 48.2 Å². The maximum Gasteiger partial charge on any atom is 0.0303 e. The maximum atomic E-state index is 4.26. The number of nitrogens with one attached hydrogen (secondary N) is 1. The minimum absolute atomic E-state index is 0.229. The van der Waals surface area contributed by atoms with Gasteiger partial charge in [0.15, 0.2) is 0 Å². The molecular formula is C18H29N3. The molecule has 2 aliphatic rings. The number of pyridine rings is 1. The summed E-state index contributed by atoms with van der Waals surface area (Å²) in [6.07, 6.45) is 10.5. The molecule has 1 N–H and O–H groups in total. The quantitative estimate of drug-likeness (QED) is 0.906. The Morgan fingerprint density at radius 1 is 1.24 bits per heavy atom. The van der Waals surface area contributed by atoms with Crippen LogP contribution >= 0.6 is 0 Å². The van der Waals surface area contributed by atoms with Crippen LogP contribution in [0.4, 0.5) is 0 Å². The van der Waals surface area contributed by atoms with Crippen molar-refractivity contribution in [2.24, 2.45) is 0 Å². The highest BCUT2D eigenvalue weighted by atomic mass is 15.2. The van der Waals surface area contributed by atoms with Gasteiger partial charge in [0.1, 0.15) is 0 Å². The Bertz CT molecular complexity index is 478. The Morgan fingerprint density at radius 2 is 2.10 bits per heavy atom. The highest BCUT2D eigenvalue weighted by Gasteiger charge is 2.30. The molecule has 0 radical (unpaired) electrons. The van der Waals surface area contributed by atoms with Crippen LogP contribution in [0.1, 0.15) is 57.6 Å². The lowest BCUT2D eigenvalue weighted by atomic mass is 9.87. The molecule has 2 heterocycles. The summed E-state index contributed by atoms with van der Waals surface area (Å²) in [7, 11) is 0. The molecule has 1 aromatic rings. The van der Waals surface area contributed by atoms with E-state index >= 15 is 0 Å². The van der Waals surface area contributed by atoms with Crippen molar-refractivity contribution < 1.29 is 0 Å². The Balaban J connectivity index is 1.62. The molecule has 2 atom stereocenters. The molecule has 1 fully saturated rings. The summed E-state index contributed by atoms with van der Waals surface area (Å²) in [6, 6.07) is 3.64. The summed E-state index contributed by atoms with van der Waals surface area (Å²) in [5, 5.41) is 3.81. The fourth-order valence-electron chi connectivity index (χ4n) is 3.95. The Labute approximate surface area is 129 Å². The molecule has 1 saturated carbocycles. The first-order chi connectivity index (χ1) is 10.0. The first-order valence-corrected chi connectivity index (χ1v) is 8.45. The molecule has 3 nitrogen and oxygen atoms in total. The number of fused-ring (bicyclic) bond motifs is 1. The zero-order valence-electron chi connectivity index (χ0n) is 13.7. The fraction of sp³-hybridized carbons (Fsp3) is 0.722. The summed E-state index contributed by atoms with van der Waals surface area (Å²) in [4.78, 5) is 6.97. The molecule has 0 bridgehead atoms. The Hall–Kier alpha value is -0.930. The SMILES string of the molecule is CC(C)(C)N[C@H]1CCC[C@H](N2CCc3cnccc3C2)C1. The summed E-state index contributed by atoms with van der Waals surface area (Å²) in [5.41, 5.74) is 3.17. The topological polar surface area (TPSA) is 28.2 Å². The van der Waals surface area contributed by atoms with Crippen molar-refractivity contribution in [2.75, 3.05) is 6.54 Å². The smallest absolute Gasteiger partial charge is 0.0303 e. The average molecular weight is 287 g/mol. The van der Waals surface area contributed by atoms with Gasteiger partial charge < -0.3 is 5.32 Å². The van der Waals surface area contributed by atoms with Crippen molar-refractivity contribution in [2.45, 2.75) is 77.0 Å². The van der Waals surface area contributed by atoms with E-state index in [1.54, 1.807) is 0 Å². The van der Waals surface area contributed by atoms with Gasteiger partial charge in [0, 0.05) is 43.1 Å². The fourth-order valence-corrected chi connectivity index (χ4v) is 3.95. The van der Waals surface area contributed by atoms with Gasteiger partial charge in [0.25, 0.3) is 0 Å². The number of hydrogen-bond donors (Lipinski definition) is 1. The largest absolute Gasteiger partial charge is 0.309 e. The third kappa shape index (κ3) is 3.83. The monoisotopic (exact) mass is 287 g/mol. The van der Waals surface area contributed by atoms with E-state index in [0.29, 0.717) is 6.04 Å². The molecule has 0 unspecified atom stereocenters. The van der Waals surface area contributed by atoms with Crippen molar-refractivity contribution >= 4 is 0 Å². The predicted molar refractivity (Wildman–Crippen MR) is 87.3 cm³/mol. The van der Waals surface area contributed by atoms with E-state index < -0.39 is 0 Å². The van der Waals surface area contributed by atoms with Gasteiger partial charge in [-0.25, -0.2) is 0 Å². The maximum absolute atomic E-state index is 4.26. The van der Waals surface area contributed by atoms with Gasteiger partial charge in [0.2, 0.25) is 0 Å². The van der Waals surface area contributed by atoms with Crippen LogP contribution in [0.2, 0.25) is 0 Å². The van der Waals surface area contributed by atoms with E-state index in [1.807, 2.05) is 6.20 Å². The second kappa shape index (κ2) is 6.05. The minimum atomic E-state index is 0.229. The highest BCUT2D eigenvalue weighted by Crippen LogP contribution is 2.28. The number of aromatic nitrogens is 1. The van der Waals surface area contributed by atoms with Crippen LogP contribution in [-0.4, -0.2) is 34.1 Å². The highest BCUT2D eigenvalue weighted by molar-refractivity contribution is 5.25. The first-order valence-electron chi connectivity index (χ1n) is 8.45. The molecule has 0 amide bonds. The zero-order chi connectivity index (χ0) is 14.9. The van der Waals surface area contributed by atoms with E-state index in [1.165, 1.54) is 43.4 Å². The molecule has 1 aliphatic heterocycles. The number of hydrogen-bond acceptors (Lipinski definition) is 3. The van der Waals surface area contributed by atoms with Crippen molar-refractivity contribution in [3.05, 3.63) is 29.6 Å². The standard InChI is InChI=1S/C18H29N3/c1-18(2,3)20-16-5-4-6-17(11-16)21-10-8-14-12-19-9-7-15(14)13-21/h7,9,12,16-17,20H,4-6,8,10-11,13H2,1-3H3/t16-,17-/m0/s1. The summed E-state index contributed by atoms with van der Waals surface area (Å²) < 4.78 is 0. The van der Waals surface area contributed by atoms with Gasteiger partial charge in [0.05, 0.1) is 0 Å². The van der Waals surface area contributed by atoms with E-state index in [-0.39, 0.29) is 5.54 Å². The summed E-state index contributed by atoms with van der Waals surface area (Å²) >= 11 is 0. The van der Waals surface area contributed by atoms with E-state index in [4.69, 9.17) is 0 Å². The Morgan fingerprint density at radius 3 is 2.90 bits per heavy atom. The summed E-state index contributed by atoms with van der Waals surface area (Å²) in [6.45, 7) is 9.15. The van der Waals surface area contributed by atoms with Gasteiger partial charge in [-0.2, -0.15) is 0 Å².